The highest BCUT2D eigenvalue weighted by Gasteiger charge is 2.38. The predicted molar refractivity (Wildman–Crippen MR) is 77.3 cm³/mol. The monoisotopic (exact) mass is 281 g/mol. The Morgan fingerprint density at radius 3 is 2.20 bits per heavy atom. The molecule has 0 heterocycles. The van der Waals surface area contributed by atoms with E-state index >= 15 is 0 Å². The average molecular weight is 281 g/mol. The molecule has 2 fully saturated rings. The van der Waals surface area contributed by atoms with E-state index in [9.17, 15) is 9.59 Å². The maximum absolute atomic E-state index is 12.7. The van der Waals surface area contributed by atoms with Crippen LogP contribution in [0.1, 0.15) is 58.8 Å². The van der Waals surface area contributed by atoms with Crippen molar-refractivity contribution >= 4 is 11.9 Å². The van der Waals surface area contributed by atoms with Crippen LogP contribution in [0.15, 0.2) is 0 Å². The fraction of sp³-hybridized carbons (Fsp3) is 0.875. The van der Waals surface area contributed by atoms with E-state index in [2.05, 4.69) is 6.92 Å². The lowest BCUT2D eigenvalue weighted by molar-refractivity contribution is -0.144. The lowest BCUT2D eigenvalue weighted by atomic mass is 9.80. The van der Waals surface area contributed by atoms with Crippen molar-refractivity contribution in [3.05, 3.63) is 0 Å². The smallest absolute Gasteiger partial charge is 0.308 e. The fourth-order valence-corrected chi connectivity index (χ4v) is 3.23. The average Bonchev–Trinajstić information content (AvgIpc) is 3.28. The zero-order chi connectivity index (χ0) is 14.7. The van der Waals surface area contributed by atoms with Crippen LogP contribution in [-0.4, -0.2) is 34.5 Å². The van der Waals surface area contributed by atoms with Crippen molar-refractivity contribution in [1.82, 2.24) is 4.90 Å². The molecular weight excluding hydrogens is 254 g/mol. The first kappa shape index (κ1) is 15.3. The van der Waals surface area contributed by atoms with E-state index < -0.39 is 11.9 Å². The van der Waals surface area contributed by atoms with Gasteiger partial charge in [-0.15, -0.1) is 0 Å². The minimum absolute atomic E-state index is 0.138. The Bertz CT molecular complexity index is 357. The number of nitrogens with zero attached hydrogens (tertiary/aromatic N) is 1. The number of carbonyl (C=O) groups excluding carboxylic acids is 1. The first-order valence-corrected chi connectivity index (χ1v) is 8.06. The number of carboxylic acid groups (broad SMARTS) is 1. The molecule has 1 N–H and O–H groups in total. The molecule has 0 radical (unpaired) electrons. The van der Waals surface area contributed by atoms with Gasteiger partial charge in [-0.1, -0.05) is 20.3 Å². The highest BCUT2D eigenvalue weighted by atomic mass is 16.4. The van der Waals surface area contributed by atoms with Crippen LogP contribution in [0.3, 0.4) is 0 Å². The van der Waals surface area contributed by atoms with Gasteiger partial charge in [0.05, 0.1) is 5.92 Å². The largest absolute Gasteiger partial charge is 0.481 e. The van der Waals surface area contributed by atoms with Gasteiger partial charge in [0.15, 0.2) is 0 Å². The second-order valence-electron chi connectivity index (χ2n) is 6.59. The van der Waals surface area contributed by atoms with Crippen LogP contribution in [-0.2, 0) is 9.59 Å². The Balaban J connectivity index is 1.92. The van der Waals surface area contributed by atoms with Gasteiger partial charge in [-0.25, -0.2) is 0 Å². The maximum Gasteiger partial charge on any atom is 0.308 e. The molecule has 1 amide bonds. The number of hydrogen-bond donors (Lipinski definition) is 1. The summed E-state index contributed by atoms with van der Waals surface area (Å²) in [5.74, 6) is -0.134. The summed E-state index contributed by atoms with van der Waals surface area (Å²) in [6.07, 6.45) is 7.58. The number of rotatable bonds is 6. The molecule has 4 nitrogen and oxygen atoms in total. The molecule has 2 aliphatic rings. The summed E-state index contributed by atoms with van der Waals surface area (Å²) in [5, 5.41) is 9.05. The Labute approximate surface area is 121 Å². The van der Waals surface area contributed by atoms with Crippen LogP contribution >= 0.6 is 0 Å². The summed E-state index contributed by atoms with van der Waals surface area (Å²) in [6, 6.07) is 0.313. The number of carboxylic acids is 1. The molecule has 0 aromatic carbocycles. The summed E-state index contributed by atoms with van der Waals surface area (Å²) >= 11 is 0. The quantitative estimate of drug-likeness (QED) is 0.814. The summed E-state index contributed by atoms with van der Waals surface area (Å²) in [4.78, 5) is 25.6. The summed E-state index contributed by atoms with van der Waals surface area (Å²) < 4.78 is 0. The minimum Gasteiger partial charge on any atom is -0.481 e. The van der Waals surface area contributed by atoms with Crippen LogP contribution in [0.4, 0.5) is 0 Å². The van der Waals surface area contributed by atoms with E-state index in [0.717, 1.165) is 44.4 Å². The Kier molecular flexibility index (Phi) is 5.06. The van der Waals surface area contributed by atoms with Crippen molar-refractivity contribution in [2.24, 2.45) is 17.8 Å². The second-order valence-corrected chi connectivity index (χ2v) is 6.59. The fourth-order valence-electron chi connectivity index (χ4n) is 3.23. The number of aliphatic carboxylic acids is 1. The van der Waals surface area contributed by atoms with Gasteiger partial charge in [0.25, 0.3) is 0 Å². The van der Waals surface area contributed by atoms with Crippen LogP contribution in [0.2, 0.25) is 0 Å². The van der Waals surface area contributed by atoms with Crippen LogP contribution in [0.25, 0.3) is 0 Å². The first-order valence-electron chi connectivity index (χ1n) is 8.06. The van der Waals surface area contributed by atoms with E-state index in [1.165, 1.54) is 6.42 Å². The molecule has 1 unspecified atom stereocenters. The molecule has 1 atom stereocenters. The Morgan fingerprint density at radius 1 is 1.15 bits per heavy atom. The number of hydrogen-bond acceptors (Lipinski definition) is 2. The van der Waals surface area contributed by atoms with Crippen molar-refractivity contribution in [2.75, 3.05) is 6.54 Å². The van der Waals surface area contributed by atoms with Gasteiger partial charge < -0.3 is 10.0 Å². The molecule has 0 aromatic heterocycles. The van der Waals surface area contributed by atoms with Crippen molar-refractivity contribution < 1.29 is 14.7 Å². The van der Waals surface area contributed by atoms with E-state index in [1.54, 1.807) is 6.92 Å². The predicted octanol–water partition coefficient (Wildman–Crippen LogP) is 2.91. The topological polar surface area (TPSA) is 57.6 Å². The van der Waals surface area contributed by atoms with E-state index in [0.29, 0.717) is 12.6 Å². The molecule has 2 aliphatic carbocycles. The molecule has 20 heavy (non-hydrogen) atoms. The van der Waals surface area contributed by atoms with Crippen LogP contribution < -0.4 is 0 Å². The van der Waals surface area contributed by atoms with Crippen molar-refractivity contribution in [3.8, 4) is 0 Å². The van der Waals surface area contributed by atoms with Crippen LogP contribution in [0.5, 0.6) is 0 Å². The molecule has 0 aliphatic heterocycles. The van der Waals surface area contributed by atoms with Crippen molar-refractivity contribution in [3.63, 3.8) is 0 Å². The van der Waals surface area contributed by atoms with E-state index in [-0.39, 0.29) is 11.8 Å². The number of carbonyl (C=O) groups is 2. The lowest BCUT2D eigenvalue weighted by Gasteiger charge is -2.32. The van der Waals surface area contributed by atoms with E-state index in [1.807, 2.05) is 4.90 Å². The SMILES string of the molecule is CCC1CCC(C(=O)N(CC(C)C(=O)O)C2CC2)CC1. The van der Waals surface area contributed by atoms with Gasteiger partial charge in [0, 0.05) is 18.5 Å². The normalized spacial score (nSPS) is 27.9. The van der Waals surface area contributed by atoms with E-state index in [4.69, 9.17) is 5.11 Å². The summed E-state index contributed by atoms with van der Waals surface area (Å²) in [5.41, 5.74) is 0. The van der Waals surface area contributed by atoms with Crippen molar-refractivity contribution in [2.45, 2.75) is 64.8 Å². The summed E-state index contributed by atoms with van der Waals surface area (Å²) in [7, 11) is 0. The Hall–Kier alpha value is -1.06. The first-order chi connectivity index (χ1) is 9.52. The minimum atomic E-state index is -0.807. The van der Waals surface area contributed by atoms with Gasteiger partial charge in [-0.2, -0.15) is 0 Å². The van der Waals surface area contributed by atoms with Gasteiger partial charge >= 0.3 is 5.97 Å². The van der Waals surface area contributed by atoms with Gasteiger partial charge in [-0.05, 0) is 44.4 Å². The maximum atomic E-state index is 12.7. The van der Waals surface area contributed by atoms with Crippen LogP contribution in [0, 0.1) is 17.8 Å². The van der Waals surface area contributed by atoms with Gasteiger partial charge in [-0.3, -0.25) is 9.59 Å². The molecule has 0 aromatic rings. The lowest BCUT2D eigenvalue weighted by Crippen LogP contribution is -2.42. The standard InChI is InChI=1S/C16H27NO3/c1-3-12-4-6-13(7-5-12)15(18)17(14-8-9-14)10-11(2)16(19)20/h11-14H,3-10H2,1-2H3,(H,19,20). The Morgan fingerprint density at radius 2 is 1.75 bits per heavy atom. The molecule has 4 heteroatoms. The second kappa shape index (κ2) is 6.59. The van der Waals surface area contributed by atoms with Crippen molar-refractivity contribution in [1.29, 1.82) is 0 Å². The third kappa shape index (κ3) is 3.74. The van der Waals surface area contributed by atoms with Gasteiger partial charge in [0.2, 0.25) is 5.91 Å². The zero-order valence-corrected chi connectivity index (χ0v) is 12.7. The molecule has 0 bridgehead atoms. The highest BCUT2D eigenvalue weighted by molar-refractivity contribution is 5.80. The molecule has 114 valence electrons. The molecule has 0 spiro atoms. The summed E-state index contributed by atoms with van der Waals surface area (Å²) in [6.45, 7) is 4.30. The third-order valence-electron chi connectivity index (χ3n) is 4.94. The van der Waals surface area contributed by atoms with Gasteiger partial charge in [0.1, 0.15) is 0 Å². The highest BCUT2D eigenvalue weighted by Crippen LogP contribution is 2.35. The third-order valence-corrected chi connectivity index (χ3v) is 4.94. The molecule has 2 saturated carbocycles. The molecule has 2 rings (SSSR count). The number of amides is 1. The zero-order valence-electron chi connectivity index (χ0n) is 12.7. The molecular formula is C16H27NO3. The molecule has 0 saturated heterocycles.